The van der Waals surface area contributed by atoms with Gasteiger partial charge in [-0.05, 0) is 18.3 Å². The van der Waals surface area contributed by atoms with Gasteiger partial charge in [-0.15, -0.1) is 0 Å². The molecule has 0 heterocycles. The molecule has 0 rings (SSSR count). The highest BCUT2D eigenvalue weighted by molar-refractivity contribution is 4.71. The van der Waals surface area contributed by atoms with E-state index in [0.29, 0.717) is 12.3 Å². The van der Waals surface area contributed by atoms with Gasteiger partial charge in [0.05, 0.1) is 0 Å². The van der Waals surface area contributed by atoms with Gasteiger partial charge < -0.3 is 0 Å². The Labute approximate surface area is 87.1 Å². The maximum Gasteiger partial charge on any atom is 0.248 e. The molecule has 0 nitrogen and oxygen atoms in total. The van der Waals surface area contributed by atoms with Crippen molar-refractivity contribution in [1.29, 1.82) is 0 Å². The zero-order chi connectivity index (χ0) is 11.2. The normalized spacial score (nSPS) is 14.8. The molecule has 0 radical (unpaired) electrons. The van der Waals surface area contributed by atoms with Crippen LogP contribution in [-0.4, -0.2) is 5.92 Å². The van der Waals surface area contributed by atoms with Crippen LogP contribution >= 0.6 is 0 Å². The molecule has 0 amide bonds. The second-order valence-electron chi connectivity index (χ2n) is 4.74. The Morgan fingerprint density at radius 1 is 1.07 bits per heavy atom. The molecule has 86 valence electrons. The van der Waals surface area contributed by atoms with Crippen molar-refractivity contribution in [1.82, 2.24) is 0 Å². The van der Waals surface area contributed by atoms with Gasteiger partial charge in [0.15, 0.2) is 0 Å². The number of hydrogen-bond donors (Lipinski definition) is 0. The molecule has 0 bridgehead atoms. The summed E-state index contributed by atoms with van der Waals surface area (Å²) in [5.41, 5.74) is 0. The van der Waals surface area contributed by atoms with E-state index in [1.165, 1.54) is 0 Å². The third-order valence-electron chi connectivity index (χ3n) is 2.90. The van der Waals surface area contributed by atoms with Crippen LogP contribution in [0.3, 0.4) is 0 Å². The van der Waals surface area contributed by atoms with Crippen LogP contribution in [-0.2, 0) is 0 Å². The SMILES string of the molecule is CCCCCC(F)(F)CC(C)C(C)C. The zero-order valence-corrected chi connectivity index (χ0v) is 9.95. The highest BCUT2D eigenvalue weighted by Crippen LogP contribution is 2.31. The Bertz CT molecular complexity index is 141. The van der Waals surface area contributed by atoms with Crippen LogP contribution in [0.5, 0.6) is 0 Å². The fourth-order valence-corrected chi connectivity index (χ4v) is 1.44. The minimum absolute atomic E-state index is 0.0500. The van der Waals surface area contributed by atoms with Gasteiger partial charge in [0, 0.05) is 12.8 Å². The summed E-state index contributed by atoms with van der Waals surface area (Å²) < 4.78 is 26.7. The fourth-order valence-electron chi connectivity index (χ4n) is 1.44. The summed E-state index contributed by atoms with van der Waals surface area (Å²) in [6, 6.07) is 0. The minimum Gasteiger partial charge on any atom is -0.207 e. The van der Waals surface area contributed by atoms with Crippen LogP contribution in [0.2, 0.25) is 0 Å². The van der Waals surface area contributed by atoms with E-state index in [2.05, 4.69) is 0 Å². The lowest BCUT2D eigenvalue weighted by molar-refractivity contribution is -0.0359. The topological polar surface area (TPSA) is 0 Å². The molecule has 0 saturated carbocycles. The third kappa shape index (κ3) is 6.33. The summed E-state index contributed by atoms with van der Waals surface area (Å²) in [6.07, 6.45) is 2.71. The third-order valence-corrected chi connectivity index (χ3v) is 2.90. The van der Waals surface area contributed by atoms with Crippen LogP contribution in [0.15, 0.2) is 0 Å². The smallest absolute Gasteiger partial charge is 0.207 e. The molecule has 2 heteroatoms. The summed E-state index contributed by atoms with van der Waals surface area (Å²) in [5, 5.41) is 0. The van der Waals surface area contributed by atoms with Crippen LogP contribution < -0.4 is 0 Å². The Hall–Kier alpha value is -0.140. The maximum absolute atomic E-state index is 13.4. The lowest BCUT2D eigenvalue weighted by atomic mass is 9.90. The van der Waals surface area contributed by atoms with Crippen molar-refractivity contribution in [2.75, 3.05) is 0 Å². The highest BCUT2D eigenvalue weighted by atomic mass is 19.3. The Morgan fingerprint density at radius 3 is 2.07 bits per heavy atom. The summed E-state index contributed by atoms with van der Waals surface area (Å²) in [6.45, 7) is 7.97. The van der Waals surface area contributed by atoms with E-state index in [-0.39, 0.29) is 18.8 Å². The average molecular weight is 206 g/mol. The molecule has 0 fully saturated rings. The van der Waals surface area contributed by atoms with Crippen LogP contribution in [0.1, 0.15) is 59.8 Å². The standard InChI is InChI=1S/C12H24F2/c1-5-6-7-8-12(13,14)9-11(4)10(2)3/h10-11H,5-9H2,1-4H3. The van der Waals surface area contributed by atoms with Gasteiger partial charge in [0.1, 0.15) is 0 Å². The molecule has 0 spiro atoms. The molecular weight excluding hydrogens is 182 g/mol. The van der Waals surface area contributed by atoms with Gasteiger partial charge in [-0.1, -0.05) is 40.5 Å². The first-order valence-electron chi connectivity index (χ1n) is 5.77. The van der Waals surface area contributed by atoms with Crippen molar-refractivity contribution >= 4 is 0 Å². The lowest BCUT2D eigenvalue weighted by Crippen LogP contribution is -2.22. The van der Waals surface area contributed by atoms with E-state index in [9.17, 15) is 8.78 Å². The van der Waals surface area contributed by atoms with Gasteiger partial charge in [-0.25, -0.2) is 8.78 Å². The number of rotatable bonds is 7. The summed E-state index contributed by atoms with van der Waals surface area (Å²) >= 11 is 0. The summed E-state index contributed by atoms with van der Waals surface area (Å²) in [4.78, 5) is 0. The lowest BCUT2D eigenvalue weighted by Gasteiger charge is -2.22. The van der Waals surface area contributed by atoms with E-state index < -0.39 is 5.92 Å². The van der Waals surface area contributed by atoms with Gasteiger partial charge in [-0.3, -0.25) is 0 Å². The molecular formula is C12H24F2. The molecule has 14 heavy (non-hydrogen) atoms. The first kappa shape index (κ1) is 13.9. The van der Waals surface area contributed by atoms with Crippen molar-refractivity contribution in [3.63, 3.8) is 0 Å². The van der Waals surface area contributed by atoms with E-state index in [0.717, 1.165) is 12.8 Å². The maximum atomic E-state index is 13.4. The average Bonchev–Trinajstić information content (AvgIpc) is 2.03. The van der Waals surface area contributed by atoms with E-state index in [1.54, 1.807) is 0 Å². The fraction of sp³-hybridized carbons (Fsp3) is 1.00. The molecule has 0 aliphatic rings. The molecule has 1 unspecified atom stereocenters. The van der Waals surface area contributed by atoms with Crippen molar-refractivity contribution in [3.05, 3.63) is 0 Å². The molecule has 0 aromatic heterocycles. The van der Waals surface area contributed by atoms with Crippen LogP contribution in [0, 0.1) is 11.8 Å². The monoisotopic (exact) mass is 206 g/mol. The first-order chi connectivity index (χ1) is 6.39. The van der Waals surface area contributed by atoms with E-state index in [1.807, 2.05) is 27.7 Å². The molecule has 0 N–H and O–H groups in total. The predicted molar refractivity (Wildman–Crippen MR) is 57.7 cm³/mol. The predicted octanol–water partition coefficient (Wildman–Crippen LogP) is 4.88. The second-order valence-corrected chi connectivity index (χ2v) is 4.74. The summed E-state index contributed by atoms with van der Waals surface area (Å²) in [7, 11) is 0. The largest absolute Gasteiger partial charge is 0.248 e. The van der Waals surface area contributed by atoms with Crippen molar-refractivity contribution < 1.29 is 8.78 Å². The quantitative estimate of drug-likeness (QED) is 0.520. The van der Waals surface area contributed by atoms with Crippen molar-refractivity contribution in [2.24, 2.45) is 11.8 Å². The number of hydrogen-bond acceptors (Lipinski definition) is 0. The number of unbranched alkanes of at least 4 members (excludes halogenated alkanes) is 2. The van der Waals surface area contributed by atoms with E-state index in [4.69, 9.17) is 0 Å². The van der Waals surface area contributed by atoms with Gasteiger partial charge >= 0.3 is 0 Å². The van der Waals surface area contributed by atoms with Gasteiger partial charge in [-0.2, -0.15) is 0 Å². The van der Waals surface area contributed by atoms with Gasteiger partial charge in [0.25, 0.3) is 0 Å². The molecule has 0 saturated heterocycles. The Balaban J connectivity index is 3.81. The second kappa shape index (κ2) is 6.36. The van der Waals surface area contributed by atoms with Crippen LogP contribution in [0.25, 0.3) is 0 Å². The summed E-state index contributed by atoms with van der Waals surface area (Å²) in [5.74, 6) is -1.97. The van der Waals surface area contributed by atoms with Crippen molar-refractivity contribution in [2.45, 2.75) is 65.7 Å². The van der Waals surface area contributed by atoms with Gasteiger partial charge in [0.2, 0.25) is 5.92 Å². The molecule has 0 aromatic carbocycles. The highest BCUT2D eigenvalue weighted by Gasteiger charge is 2.31. The zero-order valence-electron chi connectivity index (χ0n) is 9.95. The Morgan fingerprint density at radius 2 is 1.64 bits per heavy atom. The number of halogens is 2. The Kier molecular flexibility index (Phi) is 6.30. The molecule has 1 atom stereocenters. The first-order valence-corrected chi connectivity index (χ1v) is 5.77. The molecule has 0 aliphatic heterocycles. The van der Waals surface area contributed by atoms with E-state index >= 15 is 0 Å². The number of alkyl halides is 2. The molecule has 0 aliphatic carbocycles. The minimum atomic E-state index is -2.45. The molecule has 0 aromatic rings. The van der Waals surface area contributed by atoms with Crippen LogP contribution in [0.4, 0.5) is 8.78 Å². The van der Waals surface area contributed by atoms with Crippen molar-refractivity contribution in [3.8, 4) is 0 Å².